The maximum absolute atomic E-state index is 13.2. The zero-order valence-electron chi connectivity index (χ0n) is 8.60. The van der Waals surface area contributed by atoms with E-state index in [9.17, 15) is 17.6 Å². The molecule has 0 aromatic carbocycles. The van der Waals surface area contributed by atoms with Crippen molar-refractivity contribution in [2.45, 2.75) is 11.8 Å². The van der Waals surface area contributed by atoms with Gasteiger partial charge in [-0.05, 0) is 6.92 Å². The van der Waals surface area contributed by atoms with E-state index in [1.165, 1.54) is 14.0 Å². The number of hydrogen-bond acceptors (Lipinski definition) is 4. The maximum atomic E-state index is 13.2. The second-order valence-corrected chi connectivity index (χ2v) is 4.32. The molecule has 0 spiro atoms. The normalized spacial score (nSPS) is 11.5. The van der Waals surface area contributed by atoms with Crippen LogP contribution in [0.1, 0.15) is 17.4 Å². The van der Waals surface area contributed by atoms with E-state index in [1.54, 1.807) is 0 Å². The van der Waals surface area contributed by atoms with Crippen LogP contribution in [-0.2, 0) is 21.9 Å². The van der Waals surface area contributed by atoms with Gasteiger partial charge < -0.3 is 9.30 Å². The van der Waals surface area contributed by atoms with Crippen LogP contribution in [0, 0.1) is 5.82 Å². The van der Waals surface area contributed by atoms with Crippen LogP contribution in [0.4, 0.5) is 4.39 Å². The number of carbonyl (C=O) groups is 1. The van der Waals surface area contributed by atoms with E-state index in [-0.39, 0.29) is 6.61 Å². The summed E-state index contributed by atoms with van der Waals surface area (Å²) in [6.07, 6.45) is 0.773. The molecule has 0 saturated heterocycles. The topological polar surface area (TPSA) is 85.6 Å². The first kappa shape index (κ1) is 12.7. The van der Waals surface area contributed by atoms with E-state index in [0.29, 0.717) is 0 Å². The molecule has 0 atom stereocenters. The number of nitrogens with zero attached hydrogens (tertiary/aromatic N) is 1. The van der Waals surface area contributed by atoms with Gasteiger partial charge in [-0.15, -0.1) is 0 Å². The highest BCUT2D eigenvalue weighted by atomic mass is 32.2. The summed E-state index contributed by atoms with van der Waals surface area (Å²) in [6, 6.07) is 0. The molecule has 1 aromatic rings. The summed E-state index contributed by atoms with van der Waals surface area (Å²) in [5.74, 6) is -2.21. The zero-order valence-corrected chi connectivity index (χ0v) is 9.41. The fourth-order valence-corrected chi connectivity index (χ4v) is 2.02. The Morgan fingerprint density at radius 3 is 2.62 bits per heavy atom. The minimum absolute atomic E-state index is 0.0105. The molecular formula is C8H10FNO5S. The van der Waals surface area contributed by atoms with Gasteiger partial charge in [0.05, 0.1) is 6.61 Å². The standard InChI is InChI=1S/C8H10FNO5S/c1-3-15-8(11)6-7(16(12,13)14)5(9)4-10(6)2/h4H,3H2,1-2H3,(H,12,13,14). The van der Waals surface area contributed by atoms with Crippen molar-refractivity contribution in [3.8, 4) is 0 Å². The third kappa shape index (κ3) is 2.22. The van der Waals surface area contributed by atoms with E-state index in [0.717, 1.165) is 10.8 Å². The predicted molar refractivity (Wildman–Crippen MR) is 51.1 cm³/mol. The van der Waals surface area contributed by atoms with Gasteiger partial charge in [0.2, 0.25) is 0 Å². The minimum atomic E-state index is -4.80. The molecular weight excluding hydrogens is 241 g/mol. The molecule has 16 heavy (non-hydrogen) atoms. The Bertz CT molecular complexity index is 519. The third-order valence-electron chi connectivity index (χ3n) is 1.82. The Hall–Kier alpha value is -1.41. The molecule has 90 valence electrons. The molecule has 0 aliphatic rings. The van der Waals surface area contributed by atoms with Crippen molar-refractivity contribution in [3.05, 3.63) is 17.7 Å². The fraction of sp³-hybridized carbons (Fsp3) is 0.375. The highest BCUT2D eigenvalue weighted by Gasteiger charge is 2.30. The number of esters is 1. The Balaban J connectivity index is 3.44. The van der Waals surface area contributed by atoms with Crippen LogP contribution in [0.5, 0.6) is 0 Å². The lowest BCUT2D eigenvalue weighted by atomic mass is 10.4. The summed E-state index contributed by atoms with van der Waals surface area (Å²) in [5, 5.41) is 0. The highest BCUT2D eigenvalue weighted by molar-refractivity contribution is 7.86. The Morgan fingerprint density at radius 2 is 2.19 bits per heavy atom. The number of rotatable bonds is 3. The van der Waals surface area contributed by atoms with Gasteiger partial charge in [-0.1, -0.05) is 0 Å². The third-order valence-corrected chi connectivity index (χ3v) is 2.72. The van der Waals surface area contributed by atoms with Crippen LogP contribution in [0.25, 0.3) is 0 Å². The number of aryl methyl sites for hydroxylation is 1. The summed E-state index contributed by atoms with van der Waals surface area (Å²) < 4.78 is 49.3. The molecule has 0 bridgehead atoms. The monoisotopic (exact) mass is 251 g/mol. The zero-order chi connectivity index (χ0) is 12.5. The Labute approximate surface area is 91.4 Å². The lowest BCUT2D eigenvalue weighted by molar-refractivity contribution is 0.0509. The van der Waals surface area contributed by atoms with Crippen molar-refractivity contribution in [2.24, 2.45) is 7.05 Å². The lowest BCUT2D eigenvalue weighted by Crippen LogP contribution is -2.14. The predicted octanol–water partition coefficient (Wildman–Crippen LogP) is 0.588. The number of carbonyl (C=O) groups excluding carboxylic acids is 1. The molecule has 0 unspecified atom stereocenters. The number of aromatic nitrogens is 1. The fourth-order valence-electron chi connectivity index (χ4n) is 1.25. The minimum Gasteiger partial charge on any atom is -0.461 e. The average Bonchev–Trinajstić information content (AvgIpc) is 2.40. The van der Waals surface area contributed by atoms with E-state index in [2.05, 4.69) is 4.74 Å². The van der Waals surface area contributed by atoms with Crippen LogP contribution in [0.2, 0.25) is 0 Å². The van der Waals surface area contributed by atoms with Gasteiger partial charge in [-0.25, -0.2) is 9.18 Å². The molecule has 1 N–H and O–H groups in total. The Morgan fingerprint density at radius 1 is 1.62 bits per heavy atom. The van der Waals surface area contributed by atoms with Crippen molar-refractivity contribution in [1.29, 1.82) is 0 Å². The van der Waals surface area contributed by atoms with Crippen molar-refractivity contribution < 1.29 is 26.9 Å². The van der Waals surface area contributed by atoms with Crippen LogP contribution in [-0.4, -0.2) is 30.1 Å². The van der Waals surface area contributed by atoms with E-state index in [4.69, 9.17) is 4.55 Å². The summed E-state index contributed by atoms with van der Waals surface area (Å²) in [6.45, 7) is 1.53. The summed E-state index contributed by atoms with van der Waals surface area (Å²) in [4.78, 5) is 10.3. The van der Waals surface area contributed by atoms with Crippen LogP contribution >= 0.6 is 0 Å². The van der Waals surface area contributed by atoms with Crippen LogP contribution < -0.4 is 0 Å². The van der Waals surface area contributed by atoms with Gasteiger partial charge in [0.1, 0.15) is 0 Å². The summed E-state index contributed by atoms with van der Waals surface area (Å²) in [5.41, 5.74) is -0.540. The highest BCUT2D eigenvalue weighted by Crippen LogP contribution is 2.21. The largest absolute Gasteiger partial charge is 0.461 e. The van der Waals surface area contributed by atoms with Gasteiger partial charge in [-0.2, -0.15) is 8.42 Å². The van der Waals surface area contributed by atoms with Gasteiger partial charge in [-0.3, -0.25) is 4.55 Å². The average molecular weight is 251 g/mol. The summed E-state index contributed by atoms with van der Waals surface area (Å²) in [7, 11) is -3.54. The van der Waals surface area contributed by atoms with Crippen LogP contribution in [0.3, 0.4) is 0 Å². The smallest absolute Gasteiger partial charge is 0.356 e. The molecule has 1 aromatic heterocycles. The molecule has 0 radical (unpaired) electrons. The van der Waals surface area contributed by atoms with Crippen molar-refractivity contribution >= 4 is 16.1 Å². The number of halogens is 1. The molecule has 0 aliphatic heterocycles. The molecule has 0 saturated carbocycles. The van der Waals surface area contributed by atoms with Crippen molar-refractivity contribution in [3.63, 3.8) is 0 Å². The second-order valence-electron chi connectivity index (χ2n) is 2.96. The van der Waals surface area contributed by atoms with Gasteiger partial charge in [0, 0.05) is 13.2 Å². The second kappa shape index (κ2) is 4.22. The molecule has 6 nitrogen and oxygen atoms in total. The summed E-state index contributed by atoms with van der Waals surface area (Å²) >= 11 is 0. The molecule has 8 heteroatoms. The first-order valence-electron chi connectivity index (χ1n) is 4.28. The van der Waals surface area contributed by atoms with Gasteiger partial charge in [0.25, 0.3) is 10.1 Å². The van der Waals surface area contributed by atoms with Crippen molar-refractivity contribution in [1.82, 2.24) is 4.57 Å². The van der Waals surface area contributed by atoms with E-state index >= 15 is 0 Å². The van der Waals surface area contributed by atoms with Crippen molar-refractivity contribution in [2.75, 3.05) is 6.61 Å². The first-order valence-corrected chi connectivity index (χ1v) is 5.72. The maximum Gasteiger partial charge on any atom is 0.356 e. The molecule has 0 fully saturated rings. The molecule has 1 heterocycles. The van der Waals surface area contributed by atoms with Gasteiger partial charge >= 0.3 is 5.97 Å². The van der Waals surface area contributed by atoms with E-state index < -0.39 is 32.5 Å². The SMILES string of the molecule is CCOC(=O)c1c(S(=O)(=O)O)c(F)cn1C. The number of ether oxygens (including phenoxy) is 1. The molecule has 1 rings (SSSR count). The number of hydrogen-bond donors (Lipinski definition) is 1. The van der Waals surface area contributed by atoms with Gasteiger partial charge in [0.15, 0.2) is 16.4 Å². The van der Waals surface area contributed by atoms with E-state index in [1.807, 2.05) is 0 Å². The molecule has 0 amide bonds. The quantitative estimate of drug-likeness (QED) is 0.627. The first-order chi connectivity index (χ1) is 7.29. The Kier molecular flexibility index (Phi) is 3.34. The molecule has 0 aliphatic carbocycles. The lowest BCUT2D eigenvalue weighted by Gasteiger charge is -2.04. The van der Waals surface area contributed by atoms with Crippen LogP contribution in [0.15, 0.2) is 11.1 Å².